The number of aromatic nitrogens is 1. The summed E-state index contributed by atoms with van der Waals surface area (Å²) in [5.74, 6) is 5.84. The number of thiazole rings is 1. The second kappa shape index (κ2) is 11.0. The molecule has 1 unspecified atom stereocenters. The molecule has 1 aliphatic heterocycles. The molecule has 1 N–H and O–H groups in total. The molecule has 0 aliphatic carbocycles. The van der Waals surface area contributed by atoms with Crippen molar-refractivity contribution < 1.29 is 31.4 Å². The van der Waals surface area contributed by atoms with Crippen molar-refractivity contribution in [3.05, 3.63) is 41.4 Å². The van der Waals surface area contributed by atoms with Gasteiger partial charge in [-0.2, -0.15) is 26.3 Å². The number of nitrogens with zero attached hydrogens (tertiary/aromatic N) is 3. The Labute approximate surface area is 196 Å². The maximum atomic E-state index is 13.1. The zero-order valence-electron chi connectivity index (χ0n) is 18.0. The van der Waals surface area contributed by atoms with E-state index in [1.807, 2.05) is 24.1 Å². The van der Waals surface area contributed by atoms with Crippen molar-refractivity contribution in [3.8, 4) is 11.8 Å². The predicted molar refractivity (Wildman–Crippen MR) is 118 cm³/mol. The fourth-order valence-corrected chi connectivity index (χ4v) is 4.92. The summed E-state index contributed by atoms with van der Waals surface area (Å²) >= 11 is 2.96. The number of hydrogen-bond donors (Lipinski definition) is 1. The lowest BCUT2D eigenvalue weighted by atomic mass is 9.92. The third-order valence-electron chi connectivity index (χ3n) is 4.71. The summed E-state index contributed by atoms with van der Waals surface area (Å²) in [6.07, 6.45) is -10.1. The molecule has 2 aromatic rings. The molecule has 182 valence electrons. The van der Waals surface area contributed by atoms with Crippen LogP contribution in [0.4, 0.5) is 32.0 Å². The normalized spacial score (nSPS) is 17.6. The van der Waals surface area contributed by atoms with E-state index in [0.717, 1.165) is 16.5 Å². The number of hydrogen-bond acceptors (Lipinski definition) is 6. The van der Waals surface area contributed by atoms with E-state index in [9.17, 15) is 31.4 Å². The molecule has 3 rings (SSSR count). The summed E-state index contributed by atoms with van der Waals surface area (Å²) in [6.45, 7) is 7.20. The largest absolute Gasteiger partial charge is 0.430 e. The second-order valence-corrected chi connectivity index (χ2v) is 8.87. The zero-order chi connectivity index (χ0) is 24.9. The average Bonchev–Trinajstić information content (AvgIpc) is 3.27. The lowest BCUT2D eigenvalue weighted by molar-refractivity contribution is -0.376. The topological polar surface area (TPSA) is 39.6 Å². The highest BCUT2D eigenvalue weighted by Gasteiger charge is 2.71. The van der Waals surface area contributed by atoms with Gasteiger partial charge in [0.05, 0.1) is 0 Å². The molecule has 0 spiro atoms. The summed E-state index contributed by atoms with van der Waals surface area (Å²) in [6, 6.07) is 3.28. The monoisotopic (exact) mass is 511 g/mol. The van der Waals surface area contributed by atoms with E-state index in [4.69, 9.17) is 0 Å². The molecule has 33 heavy (non-hydrogen) atoms. The van der Waals surface area contributed by atoms with Crippen LogP contribution in [0.5, 0.6) is 0 Å². The Morgan fingerprint density at radius 3 is 2.15 bits per heavy atom. The van der Waals surface area contributed by atoms with Crippen LogP contribution in [0.25, 0.3) is 0 Å². The van der Waals surface area contributed by atoms with Crippen LogP contribution in [0, 0.1) is 11.8 Å². The van der Waals surface area contributed by atoms with Gasteiger partial charge in [0, 0.05) is 42.5 Å². The highest BCUT2D eigenvalue weighted by molar-refractivity contribution is 7.98. The Kier molecular flexibility index (Phi) is 9.09. The first-order chi connectivity index (χ1) is 15.5. The molecule has 0 radical (unpaired) electrons. The van der Waals surface area contributed by atoms with Crippen molar-refractivity contribution >= 4 is 29.0 Å². The maximum absolute atomic E-state index is 13.1. The van der Waals surface area contributed by atoms with Gasteiger partial charge in [-0.15, -0.1) is 17.3 Å². The van der Waals surface area contributed by atoms with Crippen LogP contribution < -0.4 is 4.90 Å². The summed E-state index contributed by atoms with van der Waals surface area (Å²) in [4.78, 5) is 6.03. The van der Waals surface area contributed by atoms with Crippen LogP contribution in [0.1, 0.15) is 26.3 Å². The van der Waals surface area contributed by atoms with E-state index >= 15 is 0 Å². The fraction of sp³-hybridized carbons (Fsp3) is 0.476. The van der Waals surface area contributed by atoms with Gasteiger partial charge < -0.3 is 10.0 Å². The number of aliphatic hydroxyl groups is 1. The summed E-state index contributed by atoms with van der Waals surface area (Å²) < 4.78 is 81.5. The number of benzene rings is 1. The minimum absolute atomic E-state index is 0.318. The van der Waals surface area contributed by atoms with Gasteiger partial charge in [-0.1, -0.05) is 31.9 Å². The molecule has 0 bridgehead atoms. The minimum Gasteiger partial charge on any atom is -0.369 e. The first-order valence-electron chi connectivity index (χ1n) is 9.95. The molecule has 1 saturated heterocycles. The Hall–Kier alpha value is -1.94. The van der Waals surface area contributed by atoms with Crippen molar-refractivity contribution in [3.63, 3.8) is 0 Å². The van der Waals surface area contributed by atoms with Gasteiger partial charge >= 0.3 is 12.4 Å². The van der Waals surface area contributed by atoms with Crippen LogP contribution in [-0.2, 0) is 5.60 Å². The van der Waals surface area contributed by atoms with Crippen molar-refractivity contribution in [1.29, 1.82) is 0 Å². The summed E-state index contributed by atoms with van der Waals surface area (Å²) in [5.41, 5.74) is -5.81. The van der Waals surface area contributed by atoms with Gasteiger partial charge in [0.2, 0.25) is 0 Å². The summed E-state index contributed by atoms with van der Waals surface area (Å²) in [7, 11) is 0. The molecular weight excluding hydrogens is 488 g/mol. The van der Waals surface area contributed by atoms with Crippen molar-refractivity contribution in [2.45, 2.75) is 49.1 Å². The molecule has 1 atom stereocenters. The average molecular weight is 512 g/mol. The van der Waals surface area contributed by atoms with Crippen LogP contribution in [-0.4, -0.2) is 52.4 Å². The van der Waals surface area contributed by atoms with Gasteiger partial charge in [0.15, 0.2) is 4.34 Å². The standard InChI is InChI=1S/C19H17F6N3OS2.C2H6/c1-2-3-15-12-27(31-16-26-8-11-30-16)9-10-28(15)14-6-4-13(5-7-14)17(29,18(20,21)22)19(23,24)25;1-2/h4-8,11,15,29H,9-10,12H2,1H3;1-2H3. The first-order valence-corrected chi connectivity index (χ1v) is 11.6. The molecule has 12 heteroatoms. The second-order valence-electron chi connectivity index (χ2n) is 6.63. The SMILES string of the molecule is CC.CC#CC1CN(Sc2nccs2)CCN1c1ccc(C(O)(C(F)(F)F)C(F)(F)F)cc1. The van der Waals surface area contributed by atoms with Crippen LogP contribution in [0.15, 0.2) is 40.2 Å². The van der Waals surface area contributed by atoms with Crippen LogP contribution in [0.3, 0.4) is 0 Å². The number of rotatable bonds is 4. The van der Waals surface area contributed by atoms with E-state index in [2.05, 4.69) is 21.1 Å². The van der Waals surface area contributed by atoms with E-state index in [1.54, 1.807) is 13.1 Å². The van der Waals surface area contributed by atoms with Gasteiger partial charge in [-0.3, -0.25) is 0 Å². The van der Waals surface area contributed by atoms with Gasteiger partial charge in [-0.25, -0.2) is 9.29 Å². The molecule has 1 aromatic heterocycles. The number of halogens is 6. The number of anilines is 1. The van der Waals surface area contributed by atoms with Gasteiger partial charge in [-0.05, 0) is 31.0 Å². The summed E-state index contributed by atoms with van der Waals surface area (Å²) in [5, 5.41) is 11.4. The van der Waals surface area contributed by atoms with Gasteiger partial charge in [0.25, 0.3) is 5.60 Å². The minimum atomic E-state index is -5.92. The van der Waals surface area contributed by atoms with E-state index in [1.165, 1.54) is 23.3 Å². The highest BCUT2D eigenvalue weighted by Crippen LogP contribution is 2.50. The van der Waals surface area contributed by atoms with Crippen molar-refractivity contribution in [1.82, 2.24) is 9.29 Å². The molecule has 1 aliphatic rings. The Morgan fingerprint density at radius 2 is 1.67 bits per heavy atom. The lowest BCUT2D eigenvalue weighted by Gasteiger charge is -2.40. The zero-order valence-corrected chi connectivity index (χ0v) is 19.7. The molecular formula is C21H23F6N3OS2. The molecule has 1 fully saturated rings. The van der Waals surface area contributed by atoms with E-state index < -0.39 is 23.5 Å². The number of alkyl halides is 6. The van der Waals surface area contributed by atoms with Gasteiger partial charge in [0.1, 0.15) is 6.04 Å². The molecule has 4 nitrogen and oxygen atoms in total. The lowest BCUT2D eigenvalue weighted by Crippen LogP contribution is -2.54. The third-order valence-corrected chi connectivity index (χ3v) is 6.64. The molecule has 2 heterocycles. The predicted octanol–water partition coefficient (Wildman–Crippen LogP) is 5.70. The highest BCUT2D eigenvalue weighted by atomic mass is 32.2. The van der Waals surface area contributed by atoms with E-state index in [0.29, 0.717) is 37.5 Å². The Balaban J connectivity index is 0.00000187. The van der Waals surface area contributed by atoms with Crippen molar-refractivity contribution in [2.24, 2.45) is 0 Å². The quantitative estimate of drug-likeness (QED) is 0.324. The maximum Gasteiger partial charge on any atom is 0.430 e. The Bertz CT molecular complexity index is 922. The third kappa shape index (κ3) is 5.95. The van der Waals surface area contributed by atoms with Crippen LogP contribution >= 0.6 is 23.3 Å². The smallest absolute Gasteiger partial charge is 0.369 e. The molecule has 0 amide bonds. The molecule has 0 saturated carbocycles. The van der Waals surface area contributed by atoms with Crippen molar-refractivity contribution in [2.75, 3.05) is 24.5 Å². The molecule has 1 aromatic carbocycles. The fourth-order valence-electron chi connectivity index (χ4n) is 3.19. The van der Waals surface area contributed by atoms with Crippen LogP contribution in [0.2, 0.25) is 0 Å². The first kappa shape index (κ1) is 27.3. The van der Waals surface area contributed by atoms with E-state index in [-0.39, 0.29) is 6.04 Å². The Morgan fingerprint density at radius 1 is 1.06 bits per heavy atom. The number of piperazine rings is 1.